The van der Waals surface area contributed by atoms with Crippen LogP contribution in [0.5, 0.6) is 0 Å². The second-order valence-electron chi connectivity index (χ2n) is 3.10. The van der Waals surface area contributed by atoms with Gasteiger partial charge in [-0.1, -0.05) is 13.3 Å². The third-order valence-electron chi connectivity index (χ3n) is 2.17. The zero-order valence-corrected chi connectivity index (χ0v) is 7.82. The van der Waals surface area contributed by atoms with E-state index in [0.29, 0.717) is 11.7 Å². The lowest BCUT2D eigenvalue weighted by Crippen LogP contribution is -2.17. The summed E-state index contributed by atoms with van der Waals surface area (Å²) in [5, 5.41) is 13.9. The fraction of sp³-hybridized carbons (Fsp3) is 0.778. The molecule has 2 N–H and O–H groups in total. The van der Waals surface area contributed by atoms with Gasteiger partial charge < -0.3 is 10.2 Å². The Morgan fingerprint density at radius 3 is 2.31 bits per heavy atom. The highest BCUT2D eigenvalue weighted by Crippen LogP contribution is 2.22. The molecule has 1 fully saturated rings. The van der Waals surface area contributed by atoms with E-state index in [1.165, 1.54) is 6.42 Å². The summed E-state index contributed by atoms with van der Waals surface area (Å²) in [6.45, 7) is 2.11. The molecule has 1 rings (SSSR count). The van der Waals surface area contributed by atoms with E-state index in [4.69, 9.17) is 15.0 Å². The number of rotatable bonds is 1. The first kappa shape index (κ1) is 11.9. The zero-order valence-electron chi connectivity index (χ0n) is 7.82. The van der Waals surface area contributed by atoms with Gasteiger partial charge in [0.1, 0.15) is 5.78 Å². The van der Waals surface area contributed by atoms with Gasteiger partial charge in [0.05, 0.1) is 0 Å². The van der Waals surface area contributed by atoms with Crippen molar-refractivity contribution in [1.82, 2.24) is 0 Å². The van der Waals surface area contributed by atoms with Crippen LogP contribution in [0, 0.1) is 5.92 Å². The van der Waals surface area contributed by atoms with Crippen LogP contribution in [-0.4, -0.2) is 22.2 Å². The maximum Gasteiger partial charge on any atom is 0.503 e. The molecule has 76 valence electrons. The van der Waals surface area contributed by atoms with Gasteiger partial charge in [0.25, 0.3) is 0 Å². The highest BCUT2D eigenvalue weighted by Gasteiger charge is 2.19. The predicted octanol–water partition coefficient (Wildman–Crippen LogP) is 2.38. The number of ketones is 1. The number of hydrogen-bond donors (Lipinski definition) is 2. The quantitative estimate of drug-likeness (QED) is 0.662. The average Bonchev–Trinajstić information content (AvgIpc) is 2.04. The molecule has 0 aliphatic heterocycles. The highest BCUT2D eigenvalue weighted by atomic mass is 16.6. The van der Waals surface area contributed by atoms with Gasteiger partial charge >= 0.3 is 6.16 Å². The lowest BCUT2D eigenvalue weighted by molar-refractivity contribution is -0.124. The minimum absolute atomic E-state index is 0.416. The highest BCUT2D eigenvalue weighted by molar-refractivity contribution is 5.81. The van der Waals surface area contributed by atoms with Crippen LogP contribution in [-0.2, 0) is 4.79 Å². The fourth-order valence-electron chi connectivity index (χ4n) is 1.49. The summed E-state index contributed by atoms with van der Waals surface area (Å²) in [7, 11) is 0. The summed E-state index contributed by atoms with van der Waals surface area (Å²) in [5.74, 6) is 0.919. The average molecular weight is 188 g/mol. The molecule has 1 atom stereocenters. The van der Waals surface area contributed by atoms with E-state index in [1.54, 1.807) is 0 Å². The maximum absolute atomic E-state index is 11.0. The van der Waals surface area contributed by atoms with Crippen LogP contribution in [0.1, 0.15) is 39.0 Å². The Morgan fingerprint density at radius 1 is 1.46 bits per heavy atom. The first-order valence-corrected chi connectivity index (χ1v) is 4.52. The van der Waals surface area contributed by atoms with Gasteiger partial charge in [0, 0.05) is 12.3 Å². The van der Waals surface area contributed by atoms with Gasteiger partial charge in [-0.15, -0.1) is 0 Å². The molecule has 0 bridgehead atoms. The molecule has 0 spiro atoms. The molecule has 0 saturated heterocycles. The first-order valence-electron chi connectivity index (χ1n) is 4.52. The summed E-state index contributed by atoms with van der Waals surface area (Å²) in [5.41, 5.74) is 0. The van der Waals surface area contributed by atoms with Gasteiger partial charge in [0.15, 0.2) is 0 Å². The van der Waals surface area contributed by atoms with E-state index < -0.39 is 6.16 Å². The summed E-state index contributed by atoms with van der Waals surface area (Å²) < 4.78 is 0. The molecule has 4 heteroatoms. The standard InChI is InChI=1S/C8H14O.CH2O3/c1-2-7-5-3-4-6-8(7)9;2-1(3)4/h7H,2-6H2,1H3;(H2,2,3,4). The van der Waals surface area contributed by atoms with Crippen molar-refractivity contribution in [3.8, 4) is 0 Å². The molecule has 1 saturated carbocycles. The molecule has 0 aromatic carbocycles. The summed E-state index contributed by atoms with van der Waals surface area (Å²) >= 11 is 0. The molecule has 1 aliphatic carbocycles. The van der Waals surface area contributed by atoms with E-state index in [0.717, 1.165) is 25.7 Å². The Kier molecular flexibility index (Phi) is 5.93. The zero-order chi connectivity index (χ0) is 10.3. The van der Waals surface area contributed by atoms with E-state index >= 15 is 0 Å². The predicted molar refractivity (Wildman–Crippen MR) is 47.9 cm³/mol. The lowest BCUT2D eigenvalue weighted by atomic mass is 9.86. The van der Waals surface area contributed by atoms with Crippen LogP contribution in [0.4, 0.5) is 4.79 Å². The van der Waals surface area contributed by atoms with E-state index in [-0.39, 0.29) is 0 Å². The third kappa shape index (κ3) is 6.13. The number of carboxylic acid groups (broad SMARTS) is 2. The molecular weight excluding hydrogens is 172 g/mol. The monoisotopic (exact) mass is 188 g/mol. The molecule has 13 heavy (non-hydrogen) atoms. The Morgan fingerprint density at radius 2 is 2.00 bits per heavy atom. The first-order chi connectivity index (χ1) is 6.07. The van der Waals surface area contributed by atoms with Crippen molar-refractivity contribution in [3.63, 3.8) is 0 Å². The smallest absolute Gasteiger partial charge is 0.450 e. The van der Waals surface area contributed by atoms with Crippen LogP contribution in [0.2, 0.25) is 0 Å². The van der Waals surface area contributed by atoms with Crippen molar-refractivity contribution < 1.29 is 19.8 Å². The van der Waals surface area contributed by atoms with Crippen molar-refractivity contribution >= 4 is 11.9 Å². The second kappa shape index (κ2) is 6.46. The number of Topliss-reactive ketones (excluding diaryl/α,β-unsaturated/α-hetero) is 1. The minimum atomic E-state index is -1.83. The molecule has 1 unspecified atom stereocenters. The number of carbonyl (C=O) groups excluding carboxylic acids is 1. The van der Waals surface area contributed by atoms with Crippen LogP contribution in [0.15, 0.2) is 0 Å². The van der Waals surface area contributed by atoms with Gasteiger partial charge in [-0.05, 0) is 19.3 Å². The number of carbonyl (C=O) groups is 2. The van der Waals surface area contributed by atoms with Crippen molar-refractivity contribution in [2.75, 3.05) is 0 Å². The van der Waals surface area contributed by atoms with Crippen molar-refractivity contribution in [1.29, 1.82) is 0 Å². The largest absolute Gasteiger partial charge is 0.503 e. The Hall–Kier alpha value is -1.06. The molecule has 0 amide bonds. The summed E-state index contributed by atoms with van der Waals surface area (Å²) in [6.07, 6.45) is 3.62. The maximum atomic E-state index is 11.0. The minimum Gasteiger partial charge on any atom is -0.450 e. The fourth-order valence-corrected chi connectivity index (χ4v) is 1.49. The normalized spacial score (nSPS) is 21.6. The van der Waals surface area contributed by atoms with Crippen LogP contribution in [0.25, 0.3) is 0 Å². The van der Waals surface area contributed by atoms with Crippen LogP contribution in [0.3, 0.4) is 0 Å². The Bertz CT molecular complexity index is 172. The molecule has 0 heterocycles. The topological polar surface area (TPSA) is 74.6 Å². The van der Waals surface area contributed by atoms with Crippen molar-refractivity contribution in [3.05, 3.63) is 0 Å². The molecule has 0 aromatic rings. The van der Waals surface area contributed by atoms with Crippen molar-refractivity contribution in [2.24, 2.45) is 5.92 Å². The van der Waals surface area contributed by atoms with Crippen LogP contribution >= 0.6 is 0 Å². The Balaban J connectivity index is 0.000000310. The Labute approximate surface area is 77.6 Å². The van der Waals surface area contributed by atoms with Gasteiger partial charge in [-0.2, -0.15) is 0 Å². The van der Waals surface area contributed by atoms with Gasteiger partial charge in [-0.25, -0.2) is 4.79 Å². The van der Waals surface area contributed by atoms with E-state index in [2.05, 4.69) is 6.92 Å². The second-order valence-corrected chi connectivity index (χ2v) is 3.10. The van der Waals surface area contributed by atoms with Crippen molar-refractivity contribution in [2.45, 2.75) is 39.0 Å². The van der Waals surface area contributed by atoms with Gasteiger partial charge in [0.2, 0.25) is 0 Å². The molecule has 0 aromatic heterocycles. The molecule has 0 radical (unpaired) electrons. The molecular formula is C9H16O4. The summed E-state index contributed by atoms with van der Waals surface area (Å²) in [4.78, 5) is 19.6. The third-order valence-corrected chi connectivity index (χ3v) is 2.17. The SMILES string of the molecule is CCC1CCCCC1=O.O=C(O)O. The van der Waals surface area contributed by atoms with Crippen LogP contribution < -0.4 is 0 Å². The molecule has 1 aliphatic rings. The van der Waals surface area contributed by atoms with E-state index in [1.807, 2.05) is 0 Å². The van der Waals surface area contributed by atoms with Gasteiger partial charge in [-0.3, -0.25) is 4.79 Å². The van der Waals surface area contributed by atoms with E-state index in [9.17, 15) is 4.79 Å². The number of hydrogen-bond acceptors (Lipinski definition) is 2. The lowest BCUT2D eigenvalue weighted by Gasteiger charge is -2.17. The molecule has 4 nitrogen and oxygen atoms in total. The summed E-state index contributed by atoms with van der Waals surface area (Å²) in [6, 6.07) is 0.